The van der Waals surface area contributed by atoms with Crippen molar-refractivity contribution >= 4 is 5.97 Å². The number of nitrogens with zero attached hydrogens (tertiary/aromatic N) is 1. The number of fused-ring (bicyclic) bond motifs is 3. The van der Waals surface area contributed by atoms with Crippen LogP contribution in [-0.4, -0.2) is 34.9 Å². The number of ether oxygens (including phenoxy) is 1. The van der Waals surface area contributed by atoms with Crippen LogP contribution < -0.4 is 0 Å². The van der Waals surface area contributed by atoms with Crippen molar-refractivity contribution in [3.63, 3.8) is 0 Å². The zero-order chi connectivity index (χ0) is 24.6. The summed E-state index contributed by atoms with van der Waals surface area (Å²) in [6.07, 6.45) is 2.89. The second-order valence-corrected chi connectivity index (χ2v) is 10.6. The molecule has 6 rings (SSSR count). The molecule has 3 aliphatic heterocycles. The van der Waals surface area contributed by atoms with Crippen molar-refractivity contribution in [1.82, 2.24) is 0 Å². The van der Waals surface area contributed by atoms with E-state index < -0.39 is 11.6 Å². The average Bonchev–Trinajstić information content (AvgIpc) is 2.90. The van der Waals surface area contributed by atoms with Gasteiger partial charge in [-0.1, -0.05) is 90.0 Å². The molecule has 2 bridgehead atoms. The molecular formula is C31H36NO3+. The average molecular weight is 471 g/mol. The Balaban J connectivity index is 1.51. The Morgan fingerprint density at radius 1 is 0.886 bits per heavy atom. The molecule has 0 aromatic heterocycles. The standard InChI is InChI=1S/C31H36NO3/c1-22-9-13-27(14-10-22)31(34,28-15-11-23(2)12-16-28)30(33)35-29-21-25-17-19-32(29,20-18-25)24(3)26-7-5-4-6-8-26/h4-16,24-25,29,34H,17-21H2,1-3H3/q+1/t24?,25?,29-,32?/m1/s1. The Kier molecular flexibility index (Phi) is 6.29. The van der Waals surface area contributed by atoms with Crippen LogP contribution in [-0.2, 0) is 15.1 Å². The summed E-state index contributed by atoms with van der Waals surface area (Å²) in [5.74, 6) is -0.0110. The lowest BCUT2D eigenvalue weighted by atomic mass is 9.81. The van der Waals surface area contributed by atoms with E-state index in [1.54, 1.807) is 0 Å². The number of hydrogen-bond acceptors (Lipinski definition) is 3. The Hall–Kier alpha value is -2.95. The Labute approximate surface area is 208 Å². The molecule has 1 N–H and O–H groups in total. The zero-order valence-corrected chi connectivity index (χ0v) is 21.0. The molecule has 0 amide bonds. The topological polar surface area (TPSA) is 46.5 Å². The second kappa shape index (κ2) is 9.25. The molecule has 0 aliphatic carbocycles. The quantitative estimate of drug-likeness (QED) is 0.366. The van der Waals surface area contributed by atoms with Crippen LogP contribution in [0.25, 0.3) is 0 Å². The molecule has 3 aromatic carbocycles. The number of aliphatic hydroxyl groups is 1. The molecule has 4 nitrogen and oxygen atoms in total. The summed E-state index contributed by atoms with van der Waals surface area (Å²) < 4.78 is 7.13. The molecule has 4 heteroatoms. The highest BCUT2D eigenvalue weighted by atomic mass is 16.6. The summed E-state index contributed by atoms with van der Waals surface area (Å²) in [5, 5.41) is 12.1. The van der Waals surface area contributed by atoms with Crippen LogP contribution in [0.15, 0.2) is 78.9 Å². The van der Waals surface area contributed by atoms with E-state index in [1.165, 1.54) is 5.56 Å². The van der Waals surface area contributed by atoms with Gasteiger partial charge in [0, 0.05) is 24.8 Å². The van der Waals surface area contributed by atoms with Gasteiger partial charge in [0.2, 0.25) is 11.8 Å². The Morgan fingerprint density at radius 2 is 1.40 bits per heavy atom. The highest BCUT2D eigenvalue weighted by Gasteiger charge is 2.54. The van der Waals surface area contributed by atoms with Crippen molar-refractivity contribution < 1.29 is 19.1 Å². The van der Waals surface area contributed by atoms with Gasteiger partial charge in [-0.2, -0.15) is 0 Å². The van der Waals surface area contributed by atoms with Crippen LogP contribution in [0, 0.1) is 19.8 Å². The van der Waals surface area contributed by atoms with E-state index in [2.05, 4.69) is 31.2 Å². The normalized spacial score (nSPS) is 24.7. The summed E-state index contributed by atoms with van der Waals surface area (Å²) in [6.45, 7) is 8.24. The van der Waals surface area contributed by atoms with Crippen molar-refractivity contribution in [3.05, 3.63) is 107 Å². The molecule has 0 saturated carbocycles. The van der Waals surface area contributed by atoms with Crippen LogP contribution in [0.3, 0.4) is 0 Å². The molecule has 3 fully saturated rings. The van der Waals surface area contributed by atoms with Crippen LogP contribution in [0.2, 0.25) is 0 Å². The van der Waals surface area contributed by atoms with Gasteiger partial charge in [-0.25, -0.2) is 4.79 Å². The lowest BCUT2D eigenvalue weighted by Crippen LogP contribution is -2.66. The van der Waals surface area contributed by atoms with E-state index in [1.807, 2.05) is 68.4 Å². The number of carbonyl (C=O) groups is 1. The Morgan fingerprint density at radius 3 is 1.91 bits per heavy atom. The smallest absolute Gasteiger partial charge is 0.352 e. The zero-order valence-electron chi connectivity index (χ0n) is 21.0. The number of aryl methyl sites for hydroxylation is 2. The molecule has 3 aromatic rings. The number of rotatable bonds is 6. The van der Waals surface area contributed by atoms with Crippen molar-refractivity contribution in [2.24, 2.45) is 5.92 Å². The summed E-state index contributed by atoms with van der Waals surface area (Å²) in [4.78, 5) is 14.0. The molecule has 182 valence electrons. The summed E-state index contributed by atoms with van der Waals surface area (Å²) in [7, 11) is 0. The monoisotopic (exact) mass is 470 g/mol. The SMILES string of the molecule is Cc1ccc(C(O)(C(=O)O[C@@H]2CC3CC[N+]2(C(C)c2ccccc2)CC3)c2ccc(C)cc2)cc1. The highest BCUT2D eigenvalue weighted by molar-refractivity contribution is 5.85. The van der Waals surface area contributed by atoms with Gasteiger partial charge in [0.25, 0.3) is 0 Å². The van der Waals surface area contributed by atoms with Crippen molar-refractivity contribution in [2.75, 3.05) is 13.1 Å². The maximum atomic E-state index is 14.0. The van der Waals surface area contributed by atoms with Crippen molar-refractivity contribution in [3.8, 4) is 0 Å². The first-order valence-corrected chi connectivity index (χ1v) is 12.8. The predicted molar refractivity (Wildman–Crippen MR) is 137 cm³/mol. The minimum atomic E-state index is -1.86. The molecule has 35 heavy (non-hydrogen) atoms. The van der Waals surface area contributed by atoms with Crippen LogP contribution in [0.1, 0.15) is 60.0 Å². The molecule has 3 heterocycles. The van der Waals surface area contributed by atoms with Crippen molar-refractivity contribution in [1.29, 1.82) is 0 Å². The van der Waals surface area contributed by atoms with E-state index in [4.69, 9.17) is 4.74 Å². The van der Waals surface area contributed by atoms with Gasteiger partial charge in [-0.15, -0.1) is 0 Å². The lowest BCUT2D eigenvalue weighted by molar-refractivity contribution is -1.01. The molecule has 3 aliphatic rings. The number of hydrogen-bond donors (Lipinski definition) is 1. The number of esters is 1. The summed E-state index contributed by atoms with van der Waals surface area (Å²) >= 11 is 0. The third kappa shape index (κ3) is 4.19. The summed E-state index contributed by atoms with van der Waals surface area (Å²) in [6, 6.07) is 25.8. The number of quaternary nitrogens is 1. The van der Waals surface area contributed by atoms with Crippen LogP contribution in [0.5, 0.6) is 0 Å². The molecular weight excluding hydrogens is 434 g/mol. The van der Waals surface area contributed by atoms with E-state index in [0.29, 0.717) is 17.0 Å². The number of carbonyl (C=O) groups excluding carboxylic acids is 1. The molecule has 0 spiro atoms. The fourth-order valence-corrected chi connectivity index (χ4v) is 6.14. The Bertz CT molecular complexity index is 1120. The van der Waals surface area contributed by atoms with E-state index in [-0.39, 0.29) is 12.3 Å². The number of piperidine rings is 3. The third-order valence-corrected chi connectivity index (χ3v) is 8.55. The maximum absolute atomic E-state index is 14.0. The highest BCUT2D eigenvalue weighted by Crippen LogP contribution is 2.46. The van der Waals surface area contributed by atoms with E-state index in [9.17, 15) is 9.90 Å². The van der Waals surface area contributed by atoms with E-state index in [0.717, 1.165) is 48.0 Å². The molecule has 1 unspecified atom stereocenters. The predicted octanol–water partition coefficient (Wildman–Crippen LogP) is 5.80. The van der Waals surface area contributed by atoms with Gasteiger partial charge < -0.3 is 9.84 Å². The third-order valence-electron chi connectivity index (χ3n) is 8.55. The second-order valence-electron chi connectivity index (χ2n) is 10.6. The van der Waals surface area contributed by atoms with Gasteiger partial charge in [0.15, 0.2) is 0 Å². The van der Waals surface area contributed by atoms with Crippen LogP contribution in [0.4, 0.5) is 0 Å². The summed E-state index contributed by atoms with van der Waals surface area (Å²) in [5.41, 5.74) is 2.63. The maximum Gasteiger partial charge on any atom is 0.352 e. The van der Waals surface area contributed by atoms with Crippen molar-refractivity contribution in [2.45, 2.75) is 57.9 Å². The molecule has 0 radical (unpaired) electrons. The largest absolute Gasteiger partial charge is 0.410 e. The fourth-order valence-electron chi connectivity index (χ4n) is 6.14. The van der Waals surface area contributed by atoms with Gasteiger partial charge in [-0.05, 0) is 37.8 Å². The van der Waals surface area contributed by atoms with Crippen LogP contribution >= 0.6 is 0 Å². The minimum absolute atomic E-state index is 0.210. The first-order valence-electron chi connectivity index (χ1n) is 12.8. The first kappa shape index (κ1) is 23.8. The lowest BCUT2D eigenvalue weighted by Gasteiger charge is -2.56. The van der Waals surface area contributed by atoms with Gasteiger partial charge in [0.05, 0.1) is 13.1 Å². The minimum Gasteiger partial charge on any atom is -0.410 e. The van der Waals surface area contributed by atoms with Gasteiger partial charge >= 0.3 is 5.97 Å². The van der Waals surface area contributed by atoms with Gasteiger partial charge in [-0.3, -0.25) is 4.48 Å². The first-order chi connectivity index (χ1) is 16.8. The van der Waals surface area contributed by atoms with Gasteiger partial charge in [0.1, 0.15) is 6.04 Å². The number of benzene rings is 3. The fraction of sp³-hybridized carbons (Fsp3) is 0.387. The molecule has 2 atom stereocenters. The van der Waals surface area contributed by atoms with E-state index >= 15 is 0 Å². The molecule has 3 saturated heterocycles.